The molecule has 100 valence electrons. The molecule has 7 nitrogen and oxygen atoms in total. The Morgan fingerprint density at radius 2 is 2.00 bits per heavy atom. The van der Waals surface area contributed by atoms with Crippen LogP contribution in [-0.4, -0.2) is 27.7 Å². The number of hydrogen-bond acceptors (Lipinski definition) is 4. The molecule has 2 rings (SSSR count). The summed E-state index contributed by atoms with van der Waals surface area (Å²) in [6.07, 6.45) is 0.207. The SMILES string of the molecule is CCC(=O)C(N)C(=O)Nc1ccc2[nH]c(=O)[nH]c2c1. The van der Waals surface area contributed by atoms with Crippen LogP contribution in [0.15, 0.2) is 23.0 Å². The lowest BCUT2D eigenvalue weighted by Gasteiger charge is -2.10. The zero-order valence-corrected chi connectivity index (χ0v) is 10.3. The van der Waals surface area contributed by atoms with Crippen LogP contribution in [0.1, 0.15) is 13.3 Å². The van der Waals surface area contributed by atoms with Crippen molar-refractivity contribution in [3.63, 3.8) is 0 Å². The second-order valence-corrected chi connectivity index (χ2v) is 4.13. The molecule has 0 saturated carbocycles. The van der Waals surface area contributed by atoms with Crippen LogP contribution < -0.4 is 16.7 Å². The Hall–Kier alpha value is -2.41. The predicted molar refractivity (Wildman–Crippen MR) is 70.8 cm³/mol. The average molecular weight is 262 g/mol. The van der Waals surface area contributed by atoms with Gasteiger partial charge < -0.3 is 21.0 Å². The van der Waals surface area contributed by atoms with Crippen molar-refractivity contribution < 1.29 is 9.59 Å². The van der Waals surface area contributed by atoms with E-state index in [-0.39, 0.29) is 17.9 Å². The number of amides is 1. The maximum absolute atomic E-state index is 11.7. The Morgan fingerprint density at radius 3 is 2.68 bits per heavy atom. The van der Waals surface area contributed by atoms with Crippen molar-refractivity contribution in [3.05, 3.63) is 28.7 Å². The molecule has 0 spiro atoms. The minimum atomic E-state index is -1.18. The molecule has 1 amide bonds. The zero-order chi connectivity index (χ0) is 14.0. The number of Topliss-reactive ketones (excluding diaryl/α,β-unsaturated/α-hetero) is 1. The average Bonchev–Trinajstić information content (AvgIpc) is 2.76. The van der Waals surface area contributed by atoms with Crippen LogP contribution in [0.2, 0.25) is 0 Å². The molecule has 1 atom stereocenters. The molecular weight excluding hydrogens is 248 g/mol. The van der Waals surface area contributed by atoms with Crippen LogP contribution in [0.4, 0.5) is 5.69 Å². The van der Waals surface area contributed by atoms with Crippen molar-refractivity contribution >= 4 is 28.4 Å². The number of anilines is 1. The number of carbonyl (C=O) groups excluding carboxylic acids is 2. The fourth-order valence-corrected chi connectivity index (χ4v) is 1.70. The molecular formula is C12H14N4O3. The number of aromatic nitrogens is 2. The van der Waals surface area contributed by atoms with Crippen LogP contribution in [0.3, 0.4) is 0 Å². The van der Waals surface area contributed by atoms with Crippen molar-refractivity contribution in [2.24, 2.45) is 5.73 Å². The molecule has 0 bridgehead atoms. The van der Waals surface area contributed by atoms with Gasteiger partial charge in [-0.05, 0) is 18.2 Å². The third-order valence-corrected chi connectivity index (χ3v) is 2.76. The number of ketones is 1. The molecule has 0 radical (unpaired) electrons. The Kier molecular flexibility index (Phi) is 3.48. The van der Waals surface area contributed by atoms with E-state index < -0.39 is 11.9 Å². The lowest BCUT2D eigenvalue weighted by Crippen LogP contribution is -2.42. The standard InChI is InChI=1S/C12H14N4O3/c1-2-9(17)10(13)11(18)14-6-3-4-7-8(5-6)16-12(19)15-7/h3-5,10H,2,13H2,1H3,(H,14,18)(H2,15,16,19). The molecule has 0 aliphatic carbocycles. The molecule has 7 heteroatoms. The zero-order valence-electron chi connectivity index (χ0n) is 10.3. The highest BCUT2D eigenvalue weighted by Crippen LogP contribution is 2.14. The van der Waals surface area contributed by atoms with Gasteiger partial charge in [-0.25, -0.2) is 4.79 Å². The summed E-state index contributed by atoms with van der Waals surface area (Å²) in [5.41, 5.74) is 6.86. The number of aromatic amines is 2. The predicted octanol–water partition coefficient (Wildman–Crippen LogP) is 0.101. The summed E-state index contributed by atoms with van der Waals surface area (Å²) in [7, 11) is 0. The van der Waals surface area contributed by atoms with Crippen molar-refractivity contribution in [3.8, 4) is 0 Å². The van der Waals surface area contributed by atoms with E-state index in [9.17, 15) is 14.4 Å². The minimum absolute atomic E-state index is 0.207. The number of nitrogens with two attached hydrogens (primary N) is 1. The van der Waals surface area contributed by atoms with E-state index in [1.54, 1.807) is 25.1 Å². The summed E-state index contributed by atoms with van der Waals surface area (Å²) < 4.78 is 0. The molecule has 1 aromatic heterocycles. The quantitative estimate of drug-likeness (QED) is 0.584. The van der Waals surface area contributed by atoms with Crippen molar-refractivity contribution in [1.82, 2.24) is 9.97 Å². The van der Waals surface area contributed by atoms with Gasteiger partial charge >= 0.3 is 5.69 Å². The summed E-state index contributed by atoms with van der Waals surface area (Å²) in [4.78, 5) is 39.3. The first kappa shape index (κ1) is 13.0. The Balaban J connectivity index is 2.19. The largest absolute Gasteiger partial charge is 0.324 e. The summed E-state index contributed by atoms with van der Waals surface area (Å²) in [5, 5.41) is 2.54. The van der Waals surface area contributed by atoms with Gasteiger partial charge in [0.25, 0.3) is 0 Å². The van der Waals surface area contributed by atoms with E-state index >= 15 is 0 Å². The van der Waals surface area contributed by atoms with Gasteiger partial charge in [-0.1, -0.05) is 6.92 Å². The smallest absolute Gasteiger partial charge is 0.323 e. The van der Waals surface area contributed by atoms with Gasteiger partial charge in [0.2, 0.25) is 5.91 Å². The third-order valence-electron chi connectivity index (χ3n) is 2.76. The summed E-state index contributed by atoms with van der Waals surface area (Å²) in [6, 6.07) is 3.68. The molecule has 2 aromatic rings. The first-order chi connectivity index (χ1) is 9.01. The summed E-state index contributed by atoms with van der Waals surface area (Å²) in [5.74, 6) is -0.891. The first-order valence-electron chi connectivity index (χ1n) is 5.82. The van der Waals surface area contributed by atoms with Crippen LogP contribution in [0.5, 0.6) is 0 Å². The Labute approximate surface area is 108 Å². The minimum Gasteiger partial charge on any atom is -0.324 e. The number of benzene rings is 1. The number of H-pyrrole nitrogens is 2. The van der Waals surface area contributed by atoms with E-state index in [1.807, 2.05) is 0 Å². The molecule has 19 heavy (non-hydrogen) atoms. The normalized spacial score (nSPS) is 12.3. The van der Waals surface area contributed by atoms with E-state index in [1.165, 1.54) is 0 Å². The molecule has 1 heterocycles. The second-order valence-electron chi connectivity index (χ2n) is 4.13. The highest BCUT2D eigenvalue weighted by Gasteiger charge is 2.20. The fraction of sp³-hybridized carbons (Fsp3) is 0.250. The van der Waals surface area contributed by atoms with Crippen molar-refractivity contribution in [2.75, 3.05) is 5.32 Å². The number of rotatable bonds is 4. The Morgan fingerprint density at radius 1 is 1.32 bits per heavy atom. The number of fused-ring (bicyclic) bond motifs is 1. The number of imidazole rings is 1. The van der Waals surface area contributed by atoms with Crippen LogP contribution in [0, 0.1) is 0 Å². The lowest BCUT2D eigenvalue weighted by molar-refractivity contribution is -0.127. The van der Waals surface area contributed by atoms with E-state index in [0.717, 1.165) is 0 Å². The lowest BCUT2D eigenvalue weighted by atomic mass is 10.1. The van der Waals surface area contributed by atoms with Gasteiger partial charge in [0.1, 0.15) is 6.04 Å². The van der Waals surface area contributed by atoms with Gasteiger partial charge in [0.05, 0.1) is 11.0 Å². The summed E-state index contributed by atoms with van der Waals surface area (Å²) >= 11 is 0. The molecule has 0 fully saturated rings. The van der Waals surface area contributed by atoms with Crippen molar-refractivity contribution in [1.29, 1.82) is 0 Å². The second kappa shape index (κ2) is 5.07. The van der Waals surface area contributed by atoms with E-state index in [0.29, 0.717) is 16.7 Å². The van der Waals surface area contributed by atoms with Gasteiger partial charge in [-0.15, -0.1) is 0 Å². The molecule has 5 N–H and O–H groups in total. The van der Waals surface area contributed by atoms with Crippen molar-refractivity contribution in [2.45, 2.75) is 19.4 Å². The monoisotopic (exact) mass is 262 g/mol. The van der Waals surface area contributed by atoms with Crippen LogP contribution in [0.25, 0.3) is 11.0 Å². The van der Waals surface area contributed by atoms with Crippen LogP contribution >= 0.6 is 0 Å². The molecule has 0 aliphatic heterocycles. The topological polar surface area (TPSA) is 121 Å². The Bertz CT molecular complexity index is 686. The molecule has 1 unspecified atom stereocenters. The third kappa shape index (κ3) is 2.71. The highest BCUT2D eigenvalue weighted by molar-refractivity contribution is 6.10. The molecule has 0 aliphatic rings. The van der Waals surface area contributed by atoms with Gasteiger partial charge in [0, 0.05) is 12.1 Å². The van der Waals surface area contributed by atoms with E-state index in [2.05, 4.69) is 15.3 Å². The van der Waals surface area contributed by atoms with Gasteiger partial charge in [-0.3, -0.25) is 9.59 Å². The fourth-order valence-electron chi connectivity index (χ4n) is 1.70. The maximum Gasteiger partial charge on any atom is 0.323 e. The summed E-state index contributed by atoms with van der Waals surface area (Å²) in [6.45, 7) is 1.64. The number of carbonyl (C=O) groups is 2. The first-order valence-corrected chi connectivity index (χ1v) is 5.82. The number of hydrogen-bond donors (Lipinski definition) is 4. The number of nitrogens with one attached hydrogen (secondary N) is 3. The maximum atomic E-state index is 11.7. The molecule has 0 saturated heterocycles. The van der Waals surface area contributed by atoms with Gasteiger partial charge in [-0.2, -0.15) is 0 Å². The highest BCUT2D eigenvalue weighted by atomic mass is 16.2. The van der Waals surface area contributed by atoms with E-state index in [4.69, 9.17) is 5.73 Å². The van der Waals surface area contributed by atoms with Crippen LogP contribution in [-0.2, 0) is 9.59 Å². The molecule has 1 aromatic carbocycles. The van der Waals surface area contributed by atoms with Gasteiger partial charge in [0.15, 0.2) is 5.78 Å².